The molecule has 3 rings (SSSR count). The lowest BCUT2D eigenvalue weighted by molar-refractivity contribution is -0.118. The number of nitrogens with one attached hydrogen (secondary N) is 1. The van der Waals surface area contributed by atoms with Crippen molar-refractivity contribution in [3.63, 3.8) is 0 Å². The topological polar surface area (TPSA) is 62.1 Å². The zero-order valence-electron chi connectivity index (χ0n) is 16.1. The number of hydrogen-bond donors (Lipinski definition) is 1. The fraction of sp³-hybridized carbons (Fsp3) is 0.429. The molecule has 2 aromatic rings. The summed E-state index contributed by atoms with van der Waals surface area (Å²) in [5, 5.41) is 13.9. The molecule has 1 aliphatic rings. The number of rotatable bonds is 4. The summed E-state index contributed by atoms with van der Waals surface area (Å²) in [7, 11) is 0. The zero-order chi connectivity index (χ0) is 20.5. The van der Waals surface area contributed by atoms with E-state index in [4.69, 9.17) is 27.9 Å². The summed E-state index contributed by atoms with van der Waals surface area (Å²) >= 11 is 13.4. The molecule has 1 amide bonds. The first-order valence-corrected chi connectivity index (χ1v) is 10.7. The van der Waals surface area contributed by atoms with Crippen LogP contribution >= 0.6 is 34.5 Å². The number of nitriles is 1. The average Bonchev–Trinajstić information content (AvgIpc) is 2.96. The summed E-state index contributed by atoms with van der Waals surface area (Å²) in [6, 6.07) is 7.10. The fourth-order valence-electron chi connectivity index (χ4n) is 3.43. The molecule has 148 valence electrons. The maximum atomic E-state index is 12.4. The number of carbonyl (C=O) groups excluding carboxylic acids is 1. The van der Waals surface area contributed by atoms with Gasteiger partial charge in [0, 0.05) is 9.90 Å². The number of fused-ring (bicyclic) bond motifs is 1. The third kappa shape index (κ3) is 4.63. The quantitative estimate of drug-likeness (QED) is 0.629. The van der Waals surface area contributed by atoms with Crippen molar-refractivity contribution in [3.8, 4) is 11.8 Å². The molecule has 1 N–H and O–H groups in total. The van der Waals surface area contributed by atoms with Gasteiger partial charge in [-0.3, -0.25) is 4.79 Å². The second-order valence-corrected chi connectivity index (χ2v) is 9.99. The summed E-state index contributed by atoms with van der Waals surface area (Å²) in [5.41, 5.74) is 1.90. The first kappa shape index (κ1) is 21.0. The molecule has 0 saturated carbocycles. The standard InChI is InChI=1S/C21H22Cl2N2O2S/c1-21(2,3)12-4-6-14-15(10-24)20(28-18(14)8-12)25-19(26)11-27-17-7-5-13(22)9-16(17)23/h5,7,9,12H,4,6,8,11H2,1-3H3,(H,25,26)/t12-/m0/s1. The lowest BCUT2D eigenvalue weighted by Gasteiger charge is -2.33. The number of nitrogens with zero attached hydrogens (tertiary/aromatic N) is 1. The van der Waals surface area contributed by atoms with Crippen molar-refractivity contribution >= 4 is 45.4 Å². The normalized spacial score (nSPS) is 16.2. The Hall–Kier alpha value is -1.74. The fourth-order valence-corrected chi connectivity index (χ4v) is 5.19. The molecule has 0 bridgehead atoms. The van der Waals surface area contributed by atoms with E-state index >= 15 is 0 Å². The van der Waals surface area contributed by atoms with E-state index in [0.29, 0.717) is 32.3 Å². The van der Waals surface area contributed by atoms with Crippen LogP contribution in [-0.2, 0) is 17.6 Å². The zero-order valence-corrected chi connectivity index (χ0v) is 18.4. The minimum absolute atomic E-state index is 0.195. The molecular weight excluding hydrogens is 415 g/mol. The number of carbonyl (C=O) groups is 1. The molecule has 1 aromatic carbocycles. The Morgan fingerprint density at radius 2 is 2.14 bits per heavy atom. The molecule has 0 spiro atoms. The van der Waals surface area contributed by atoms with E-state index < -0.39 is 0 Å². The maximum absolute atomic E-state index is 12.4. The van der Waals surface area contributed by atoms with Gasteiger partial charge in [-0.25, -0.2) is 0 Å². The molecule has 0 radical (unpaired) electrons. The molecule has 1 aromatic heterocycles. The van der Waals surface area contributed by atoms with Crippen molar-refractivity contribution in [1.82, 2.24) is 0 Å². The highest BCUT2D eigenvalue weighted by Crippen LogP contribution is 2.44. The van der Waals surface area contributed by atoms with Crippen molar-refractivity contribution in [2.24, 2.45) is 11.3 Å². The van der Waals surface area contributed by atoms with Crippen LogP contribution < -0.4 is 10.1 Å². The Morgan fingerprint density at radius 3 is 2.79 bits per heavy atom. The lowest BCUT2D eigenvalue weighted by atomic mass is 9.72. The van der Waals surface area contributed by atoms with Gasteiger partial charge in [0.25, 0.3) is 5.91 Å². The van der Waals surface area contributed by atoms with Gasteiger partial charge in [0.05, 0.1) is 10.6 Å². The van der Waals surface area contributed by atoms with Crippen LogP contribution in [0.5, 0.6) is 5.75 Å². The second kappa shape index (κ2) is 8.32. The molecule has 1 atom stereocenters. The molecule has 28 heavy (non-hydrogen) atoms. The smallest absolute Gasteiger partial charge is 0.262 e. The van der Waals surface area contributed by atoms with Crippen LogP contribution in [0.3, 0.4) is 0 Å². The van der Waals surface area contributed by atoms with Gasteiger partial charge in [-0.15, -0.1) is 11.3 Å². The summed E-state index contributed by atoms with van der Waals surface area (Å²) in [6.45, 7) is 6.57. The van der Waals surface area contributed by atoms with Gasteiger partial charge in [-0.05, 0) is 54.4 Å². The highest BCUT2D eigenvalue weighted by molar-refractivity contribution is 7.16. The van der Waals surface area contributed by atoms with Crippen LogP contribution in [-0.4, -0.2) is 12.5 Å². The van der Waals surface area contributed by atoms with E-state index in [-0.39, 0.29) is 17.9 Å². The average molecular weight is 437 g/mol. The summed E-state index contributed by atoms with van der Waals surface area (Å²) in [5.74, 6) is 0.637. The highest BCUT2D eigenvalue weighted by atomic mass is 35.5. The Bertz CT molecular complexity index is 941. The molecule has 1 aliphatic carbocycles. The molecular formula is C21H22Cl2N2O2S. The predicted octanol–water partition coefficient (Wildman–Crippen LogP) is 6.10. The largest absolute Gasteiger partial charge is 0.482 e. The Balaban J connectivity index is 1.70. The molecule has 4 nitrogen and oxygen atoms in total. The third-order valence-corrected chi connectivity index (χ3v) is 6.81. The first-order valence-electron chi connectivity index (χ1n) is 9.11. The van der Waals surface area contributed by atoms with Gasteiger partial charge in [-0.2, -0.15) is 5.26 Å². The molecule has 0 aliphatic heterocycles. The predicted molar refractivity (Wildman–Crippen MR) is 115 cm³/mol. The SMILES string of the molecule is CC(C)(C)[C@H]1CCc2c(sc(NC(=O)COc3ccc(Cl)cc3Cl)c2C#N)C1. The van der Waals surface area contributed by atoms with Gasteiger partial charge < -0.3 is 10.1 Å². The number of benzene rings is 1. The van der Waals surface area contributed by atoms with E-state index in [9.17, 15) is 10.1 Å². The van der Waals surface area contributed by atoms with Crippen LogP contribution in [0, 0.1) is 22.7 Å². The molecule has 7 heteroatoms. The Kier molecular flexibility index (Phi) is 6.24. The number of halogens is 2. The van der Waals surface area contributed by atoms with Gasteiger partial charge >= 0.3 is 0 Å². The summed E-state index contributed by atoms with van der Waals surface area (Å²) in [4.78, 5) is 13.6. The first-order chi connectivity index (χ1) is 13.2. The minimum atomic E-state index is -0.325. The van der Waals surface area contributed by atoms with Crippen molar-refractivity contribution in [3.05, 3.63) is 44.2 Å². The molecule has 0 fully saturated rings. The van der Waals surface area contributed by atoms with E-state index in [1.165, 1.54) is 16.2 Å². The van der Waals surface area contributed by atoms with Crippen molar-refractivity contribution < 1.29 is 9.53 Å². The molecule has 0 unspecified atom stereocenters. The van der Waals surface area contributed by atoms with Crippen LogP contribution in [0.15, 0.2) is 18.2 Å². The van der Waals surface area contributed by atoms with Crippen LogP contribution in [0.2, 0.25) is 10.0 Å². The summed E-state index contributed by atoms with van der Waals surface area (Å²) < 4.78 is 5.48. The van der Waals surface area contributed by atoms with Gasteiger partial charge in [0.2, 0.25) is 0 Å². The van der Waals surface area contributed by atoms with E-state index in [2.05, 4.69) is 32.2 Å². The Labute approximate surface area is 179 Å². The number of hydrogen-bond acceptors (Lipinski definition) is 4. The summed E-state index contributed by atoms with van der Waals surface area (Å²) in [6.07, 6.45) is 2.89. The minimum Gasteiger partial charge on any atom is -0.482 e. The van der Waals surface area contributed by atoms with Gasteiger partial charge in [0.15, 0.2) is 6.61 Å². The van der Waals surface area contributed by atoms with Gasteiger partial charge in [-0.1, -0.05) is 44.0 Å². The number of thiophene rings is 1. The van der Waals surface area contributed by atoms with Crippen molar-refractivity contribution in [2.75, 3.05) is 11.9 Å². The maximum Gasteiger partial charge on any atom is 0.262 e. The van der Waals surface area contributed by atoms with E-state index in [0.717, 1.165) is 24.8 Å². The van der Waals surface area contributed by atoms with E-state index in [1.807, 2.05) is 0 Å². The molecule has 1 heterocycles. The van der Waals surface area contributed by atoms with Crippen LogP contribution in [0.1, 0.15) is 43.2 Å². The highest BCUT2D eigenvalue weighted by Gasteiger charge is 2.32. The van der Waals surface area contributed by atoms with Gasteiger partial charge in [0.1, 0.15) is 16.8 Å². The number of amides is 1. The molecule has 0 saturated heterocycles. The Morgan fingerprint density at radius 1 is 1.39 bits per heavy atom. The number of ether oxygens (including phenoxy) is 1. The van der Waals surface area contributed by atoms with Crippen LogP contribution in [0.25, 0.3) is 0 Å². The number of anilines is 1. The van der Waals surface area contributed by atoms with Crippen LogP contribution in [0.4, 0.5) is 5.00 Å². The van der Waals surface area contributed by atoms with E-state index in [1.54, 1.807) is 18.2 Å². The second-order valence-electron chi connectivity index (χ2n) is 8.04. The van der Waals surface area contributed by atoms with Crippen molar-refractivity contribution in [1.29, 1.82) is 5.26 Å². The monoisotopic (exact) mass is 436 g/mol. The van der Waals surface area contributed by atoms with Crippen molar-refractivity contribution in [2.45, 2.75) is 40.0 Å². The lowest BCUT2D eigenvalue weighted by Crippen LogP contribution is -2.26. The third-order valence-electron chi connectivity index (χ3n) is 5.11.